The molecule has 98 valence electrons. The number of piperazine rings is 1. The van der Waals surface area contributed by atoms with Crippen LogP contribution in [0.2, 0.25) is 0 Å². The van der Waals surface area contributed by atoms with Crippen molar-refractivity contribution in [2.45, 2.75) is 12.6 Å². The Balaban J connectivity index is 1.47. The van der Waals surface area contributed by atoms with E-state index >= 15 is 0 Å². The largest absolute Gasteiger partial charge is 0.508 e. The number of hydrogen-bond acceptors (Lipinski definition) is 4. The van der Waals surface area contributed by atoms with Crippen LogP contribution in [0.1, 0.15) is 5.56 Å². The predicted octanol–water partition coefficient (Wildman–Crippen LogP) is 0.482. The molecule has 4 nitrogen and oxygen atoms in total. The second kappa shape index (κ2) is 5.26. The maximum absolute atomic E-state index is 9.44. The van der Waals surface area contributed by atoms with Gasteiger partial charge in [-0.1, -0.05) is 12.1 Å². The van der Waals surface area contributed by atoms with Gasteiger partial charge in [0.1, 0.15) is 5.75 Å². The Kier molecular flexibility index (Phi) is 3.50. The summed E-state index contributed by atoms with van der Waals surface area (Å²) in [6, 6.07) is 8.32. The lowest BCUT2D eigenvalue weighted by Crippen LogP contribution is -2.62. The SMILES string of the molecule is Oc1cccc(CN2CC(N3CCNCC3)C2)c1. The van der Waals surface area contributed by atoms with Gasteiger partial charge in [0.25, 0.3) is 0 Å². The molecule has 0 bridgehead atoms. The molecule has 1 aromatic carbocycles. The lowest BCUT2D eigenvalue weighted by atomic mass is 10.0. The normalized spacial score (nSPS) is 22.9. The second-order valence-corrected chi connectivity index (χ2v) is 5.30. The summed E-state index contributed by atoms with van der Waals surface area (Å²) in [4.78, 5) is 5.04. The molecule has 0 aliphatic carbocycles. The molecule has 1 aromatic rings. The summed E-state index contributed by atoms with van der Waals surface area (Å²) in [5, 5.41) is 12.8. The van der Waals surface area contributed by atoms with Gasteiger partial charge in [-0.15, -0.1) is 0 Å². The number of hydrogen-bond donors (Lipinski definition) is 2. The highest BCUT2D eigenvalue weighted by Crippen LogP contribution is 2.20. The minimum absolute atomic E-state index is 0.367. The topological polar surface area (TPSA) is 38.7 Å². The maximum Gasteiger partial charge on any atom is 0.115 e. The Morgan fingerprint density at radius 2 is 2.00 bits per heavy atom. The van der Waals surface area contributed by atoms with Crippen LogP contribution in [0.4, 0.5) is 0 Å². The van der Waals surface area contributed by atoms with E-state index in [-0.39, 0.29) is 0 Å². The minimum Gasteiger partial charge on any atom is -0.508 e. The van der Waals surface area contributed by atoms with E-state index in [1.165, 1.54) is 18.7 Å². The van der Waals surface area contributed by atoms with Gasteiger partial charge in [-0.05, 0) is 17.7 Å². The zero-order valence-electron chi connectivity index (χ0n) is 10.7. The molecule has 0 saturated carbocycles. The fraction of sp³-hybridized carbons (Fsp3) is 0.571. The van der Waals surface area contributed by atoms with Crippen LogP contribution in [0.25, 0.3) is 0 Å². The van der Waals surface area contributed by atoms with Crippen LogP contribution in [0.15, 0.2) is 24.3 Å². The van der Waals surface area contributed by atoms with Crippen LogP contribution in [-0.2, 0) is 6.54 Å². The molecule has 0 atom stereocenters. The van der Waals surface area contributed by atoms with Crippen molar-refractivity contribution < 1.29 is 5.11 Å². The number of likely N-dealkylation sites (tertiary alicyclic amines) is 1. The van der Waals surface area contributed by atoms with Crippen molar-refractivity contribution in [1.29, 1.82) is 0 Å². The molecule has 2 fully saturated rings. The van der Waals surface area contributed by atoms with Crippen molar-refractivity contribution >= 4 is 0 Å². The van der Waals surface area contributed by atoms with Crippen LogP contribution in [0.5, 0.6) is 5.75 Å². The third-order valence-corrected chi connectivity index (χ3v) is 3.92. The maximum atomic E-state index is 9.44. The molecule has 2 heterocycles. The lowest BCUT2D eigenvalue weighted by molar-refractivity contribution is 0.0223. The Morgan fingerprint density at radius 1 is 1.22 bits per heavy atom. The summed E-state index contributed by atoms with van der Waals surface area (Å²) in [5.41, 5.74) is 1.20. The van der Waals surface area contributed by atoms with E-state index in [9.17, 15) is 5.11 Å². The summed E-state index contributed by atoms with van der Waals surface area (Å²) < 4.78 is 0. The van der Waals surface area contributed by atoms with E-state index in [2.05, 4.69) is 21.2 Å². The first-order valence-corrected chi connectivity index (χ1v) is 6.76. The van der Waals surface area contributed by atoms with Crippen LogP contribution in [-0.4, -0.2) is 60.2 Å². The van der Waals surface area contributed by atoms with Gasteiger partial charge < -0.3 is 10.4 Å². The Bertz CT molecular complexity index is 398. The van der Waals surface area contributed by atoms with Gasteiger partial charge in [0.2, 0.25) is 0 Å². The van der Waals surface area contributed by atoms with E-state index in [1.54, 1.807) is 6.07 Å². The van der Waals surface area contributed by atoms with E-state index in [1.807, 2.05) is 12.1 Å². The summed E-state index contributed by atoms with van der Waals surface area (Å²) in [7, 11) is 0. The molecular formula is C14H21N3O. The molecule has 2 N–H and O–H groups in total. The summed E-state index contributed by atoms with van der Waals surface area (Å²) in [6.07, 6.45) is 0. The van der Waals surface area contributed by atoms with Crippen molar-refractivity contribution in [3.05, 3.63) is 29.8 Å². The van der Waals surface area contributed by atoms with E-state index < -0.39 is 0 Å². The zero-order chi connectivity index (χ0) is 12.4. The highest BCUT2D eigenvalue weighted by molar-refractivity contribution is 5.27. The number of phenolic OH excluding ortho intramolecular Hbond substituents is 1. The summed E-state index contributed by atoms with van der Waals surface area (Å²) in [5.74, 6) is 0.367. The standard InChI is InChI=1S/C14H21N3O/c18-14-3-1-2-12(8-14)9-16-10-13(11-16)17-6-4-15-5-7-17/h1-3,8,13,15,18H,4-7,9-11H2. The van der Waals surface area contributed by atoms with Crippen molar-refractivity contribution in [3.8, 4) is 5.75 Å². The molecule has 0 spiro atoms. The number of nitrogens with zero attached hydrogens (tertiary/aromatic N) is 2. The third-order valence-electron chi connectivity index (χ3n) is 3.92. The molecule has 2 aliphatic heterocycles. The first-order valence-electron chi connectivity index (χ1n) is 6.76. The minimum atomic E-state index is 0.367. The van der Waals surface area contributed by atoms with Gasteiger partial charge >= 0.3 is 0 Å². The van der Waals surface area contributed by atoms with Crippen LogP contribution in [0, 0.1) is 0 Å². The molecular weight excluding hydrogens is 226 g/mol. The smallest absolute Gasteiger partial charge is 0.115 e. The molecule has 4 heteroatoms. The molecule has 18 heavy (non-hydrogen) atoms. The Labute approximate surface area is 108 Å². The van der Waals surface area contributed by atoms with Crippen molar-refractivity contribution in [2.24, 2.45) is 0 Å². The first kappa shape index (κ1) is 12.0. The first-order chi connectivity index (χ1) is 8.81. The molecule has 2 saturated heterocycles. The number of rotatable bonds is 3. The number of phenols is 1. The number of benzene rings is 1. The highest BCUT2D eigenvalue weighted by Gasteiger charge is 2.31. The van der Waals surface area contributed by atoms with Gasteiger partial charge in [0.15, 0.2) is 0 Å². The summed E-state index contributed by atoms with van der Waals surface area (Å²) >= 11 is 0. The Hall–Kier alpha value is -1.10. The quantitative estimate of drug-likeness (QED) is 0.815. The fourth-order valence-corrected chi connectivity index (χ4v) is 2.86. The second-order valence-electron chi connectivity index (χ2n) is 5.30. The number of aromatic hydroxyl groups is 1. The summed E-state index contributed by atoms with van der Waals surface area (Å²) in [6.45, 7) is 7.91. The van der Waals surface area contributed by atoms with E-state index in [0.29, 0.717) is 5.75 Å². The van der Waals surface area contributed by atoms with Gasteiger partial charge in [-0.25, -0.2) is 0 Å². The molecule has 0 aromatic heterocycles. The van der Waals surface area contributed by atoms with E-state index in [0.717, 1.165) is 38.8 Å². The monoisotopic (exact) mass is 247 g/mol. The Morgan fingerprint density at radius 3 is 2.72 bits per heavy atom. The van der Waals surface area contributed by atoms with Crippen LogP contribution >= 0.6 is 0 Å². The molecule has 3 rings (SSSR count). The molecule has 0 unspecified atom stereocenters. The van der Waals surface area contributed by atoms with Crippen molar-refractivity contribution in [3.63, 3.8) is 0 Å². The number of nitrogens with one attached hydrogen (secondary N) is 1. The molecule has 0 amide bonds. The van der Waals surface area contributed by atoms with Crippen LogP contribution < -0.4 is 5.32 Å². The van der Waals surface area contributed by atoms with Gasteiger partial charge in [-0.2, -0.15) is 0 Å². The average molecular weight is 247 g/mol. The van der Waals surface area contributed by atoms with Crippen molar-refractivity contribution in [2.75, 3.05) is 39.3 Å². The molecule has 0 radical (unpaired) electrons. The van der Waals surface area contributed by atoms with Crippen molar-refractivity contribution in [1.82, 2.24) is 15.1 Å². The predicted molar refractivity (Wildman–Crippen MR) is 71.6 cm³/mol. The third kappa shape index (κ3) is 2.66. The lowest BCUT2D eigenvalue weighted by Gasteiger charge is -2.46. The van der Waals surface area contributed by atoms with E-state index in [4.69, 9.17) is 0 Å². The van der Waals surface area contributed by atoms with Gasteiger partial charge in [0.05, 0.1) is 0 Å². The van der Waals surface area contributed by atoms with Gasteiger partial charge in [-0.3, -0.25) is 9.80 Å². The highest BCUT2D eigenvalue weighted by atomic mass is 16.3. The van der Waals surface area contributed by atoms with Crippen LogP contribution in [0.3, 0.4) is 0 Å². The zero-order valence-corrected chi connectivity index (χ0v) is 10.7. The molecule has 2 aliphatic rings. The average Bonchev–Trinajstić information content (AvgIpc) is 2.34. The fourth-order valence-electron chi connectivity index (χ4n) is 2.86. The van der Waals surface area contributed by atoms with Gasteiger partial charge in [0, 0.05) is 51.9 Å².